The highest BCUT2D eigenvalue weighted by molar-refractivity contribution is 14.1. The standard InChI is InChI=1S/C30H32IN3O5/c1-6-21(4)38-29-26(31)15-22(16-28(29)36-5)17-32-33-30(35)27-14-13-25(39-27)18-37-24-11-9-23(10-12-24)34-19(2)7-8-20(34)3/h7-17,21H,6,18H2,1-5H3,(H,33,35)/b32-17+/t21-/m1/s1. The van der Waals surface area contributed by atoms with Gasteiger partial charge in [-0.15, -0.1) is 0 Å². The van der Waals surface area contributed by atoms with Gasteiger partial charge in [0.05, 0.1) is 23.0 Å². The summed E-state index contributed by atoms with van der Waals surface area (Å²) in [7, 11) is 1.59. The van der Waals surface area contributed by atoms with Crippen LogP contribution in [0.4, 0.5) is 0 Å². The van der Waals surface area contributed by atoms with E-state index in [2.05, 4.69) is 70.6 Å². The predicted octanol–water partition coefficient (Wildman–Crippen LogP) is 6.82. The molecular weight excluding hydrogens is 609 g/mol. The molecule has 2 aromatic heterocycles. The van der Waals surface area contributed by atoms with Crippen LogP contribution < -0.4 is 19.6 Å². The molecule has 0 unspecified atom stereocenters. The average molecular weight is 642 g/mol. The third-order valence-corrected chi connectivity index (χ3v) is 6.96. The molecule has 2 aromatic carbocycles. The number of aryl methyl sites for hydroxylation is 2. The van der Waals surface area contributed by atoms with Gasteiger partial charge in [-0.3, -0.25) is 4.79 Å². The van der Waals surface area contributed by atoms with E-state index >= 15 is 0 Å². The molecule has 0 aliphatic rings. The van der Waals surface area contributed by atoms with Crippen molar-refractivity contribution in [1.29, 1.82) is 0 Å². The first-order valence-electron chi connectivity index (χ1n) is 12.6. The van der Waals surface area contributed by atoms with Gasteiger partial charge < -0.3 is 23.2 Å². The highest BCUT2D eigenvalue weighted by Gasteiger charge is 2.14. The molecule has 0 aliphatic heterocycles. The zero-order valence-electron chi connectivity index (χ0n) is 22.7. The van der Waals surface area contributed by atoms with Gasteiger partial charge in [-0.1, -0.05) is 6.92 Å². The lowest BCUT2D eigenvalue weighted by atomic mass is 10.2. The van der Waals surface area contributed by atoms with Crippen molar-refractivity contribution in [3.8, 4) is 22.9 Å². The fourth-order valence-corrected chi connectivity index (χ4v) is 4.69. The molecule has 204 valence electrons. The third kappa shape index (κ3) is 7.03. The summed E-state index contributed by atoms with van der Waals surface area (Å²) in [6, 6.07) is 19.1. The van der Waals surface area contributed by atoms with Crippen molar-refractivity contribution >= 4 is 34.7 Å². The number of nitrogens with zero attached hydrogens (tertiary/aromatic N) is 2. The van der Waals surface area contributed by atoms with E-state index in [-0.39, 0.29) is 18.5 Å². The number of methoxy groups -OCH3 is 1. The molecule has 0 aliphatic carbocycles. The number of carbonyl (C=O) groups is 1. The van der Waals surface area contributed by atoms with Crippen LogP contribution in [0.5, 0.6) is 17.2 Å². The van der Waals surface area contributed by atoms with Crippen molar-refractivity contribution in [3.63, 3.8) is 0 Å². The fourth-order valence-electron chi connectivity index (χ4n) is 3.93. The van der Waals surface area contributed by atoms with E-state index in [4.69, 9.17) is 18.6 Å². The number of ether oxygens (including phenoxy) is 3. The smallest absolute Gasteiger partial charge is 0.307 e. The number of nitrogens with one attached hydrogen (secondary N) is 1. The van der Waals surface area contributed by atoms with Crippen LogP contribution in [-0.4, -0.2) is 29.9 Å². The quantitative estimate of drug-likeness (QED) is 0.110. The number of furan rings is 1. The summed E-state index contributed by atoms with van der Waals surface area (Å²) in [5.41, 5.74) is 6.67. The Kier molecular flexibility index (Phi) is 9.34. The van der Waals surface area contributed by atoms with Crippen LogP contribution in [0.1, 0.15) is 53.5 Å². The van der Waals surface area contributed by atoms with Gasteiger partial charge in [-0.25, -0.2) is 5.43 Å². The average Bonchev–Trinajstić information content (AvgIpc) is 3.55. The van der Waals surface area contributed by atoms with Crippen LogP contribution >= 0.6 is 22.6 Å². The summed E-state index contributed by atoms with van der Waals surface area (Å²) in [6.45, 7) is 8.42. The molecule has 4 rings (SSSR count). The second-order valence-corrected chi connectivity index (χ2v) is 10.2. The largest absolute Gasteiger partial charge is 0.493 e. The fraction of sp³-hybridized carbons (Fsp3) is 0.267. The van der Waals surface area contributed by atoms with Gasteiger partial charge in [0.25, 0.3) is 0 Å². The normalized spacial score (nSPS) is 11.9. The first-order chi connectivity index (χ1) is 18.8. The lowest BCUT2D eigenvalue weighted by Crippen LogP contribution is -2.17. The minimum Gasteiger partial charge on any atom is -0.493 e. The van der Waals surface area contributed by atoms with Gasteiger partial charge in [-0.05, 0) is 116 Å². The van der Waals surface area contributed by atoms with Crippen molar-refractivity contribution < 1.29 is 23.4 Å². The summed E-state index contributed by atoms with van der Waals surface area (Å²) in [4.78, 5) is 12.5. The van der Waals surface area contributed by atoms with E-state index < -0.39 is 5.91 Å². The van der Waals surface area contributed by atoms with Gasteiger partial charge in [-0.2, -0.15) is 5.10 Å². The van der Waals surface area contributed by atoms with E-state index in [1.165, 1.54) is 11.4 Å². The molecular formula is C30H32IN3O5. The number of hydrogen-bond donors (Lipinski definition) is 1. The van der Waals surface area contributed by atoms with Crippen LogP contribution in [0, 0.1) is 17.4 Å². The van der Waals surface area contributed by atoms with Crippen LogP contribution in [0.25, 0.3) is 5.69 Å². The van der Waals surface area contributed by atoms with Crippen LogP contribution in [-0.2, 0) is 6.61 Å². The van der Waals surface area contributed by atoms with Gasteiger partial charge in [0, 0.05) is 17.1 Å². The molecule has 4 aromatic rings. The van der Waals surface area contributed by atoms with Crippen molar-refractivity contribution in [3.05, 3.63) is 92.7 Å². The molecule has 0 radical (unpaired) electrons. The molecule has 0 saturated heterocycles. The minimum absolute atomic E-state index is 0.0686. The van der Waals surface area contributed by atoms with Crippen molar-refractivity contribution in [2.75, 3.05) is 7.11 Å². The van der Waals surface area contributed by atoms with Gasteiger partial charge in [0.15, 0.2) is 17.3 Å². The summed E-state index contributed by atoms with van der Waals surface area (Å²) < 4.78 is 26.0. The molecule has 39 heavy (non-hydrogen) atoms. The maximum Gasteiger partial charge on any atom is 0.307 e. The first kappa shape index (κ1) is 28.3. The van der Waals surface area contributed by atoms with Gasteiger partial charge in [0.2, 0.25) is 0 Å². The van der Waals surface area contributed by atoms with E-state index in [1.54, 1.807) is 25.5 Å². The number of hydrazone groups is 1. The molecule has 0 bridgehead atoms. The zero-order valence-corrected chi connectivity index (χ0v) is 24.8. The molecule has 1 atom stereocenters. The molecule has 1 amide bonds. The molecule has 0 spiro atoms. The Hall–Kier alpha value is -3.73. The summed E-state index contributed by atoms with van der Waals surface area (Å²) in [5.74, 6) is 2.22. The zero-order chi connectivity index (χ0) is 27.9. The second-order valence-electron chi connectivity index (χ2n) is 9.07. The SMILES string of the molecule is CC[C@@H](C)Oc1c(I)cc(/C=N/NC(=O)c2ccc(COc3ccc(-n4c(C)ccc4C)cc3)o2)cc1OC. The second kappa shape index (κ2) is 12.9. The van der Waals surface area contributed by atoms with E-state index in [9.17, 15) is 4.79 Å². The predicted molar refractivity (Wildman–Crippen MR) is 159 cm³/mol. The van der Waals surface area contributed by atoms with Crippen LogP contribution in [0.15, 0.2) is 70.2 Å². The van der Waals surface area contributed by atoms with E-state index in [0.717, 1.165) is 21.2 Å². The Balaban J connectivity index is 1.32. The number of aromatic nitrogens is 1. The monoisotopic (exact) mass is 641 g/mol. The molecule has 1 N–H and O–H groups in total. The number of amides is 1. The lowest BCUT2D eigenvalue weighted by molar-refractivity contribution is 0.0923. The van der Waals surface area contributed by atoms with Crippen LogP contribution in [0.2, 0.25) is 0 Å². The van der Waals surface area contributed by atoms with E-state index in [1.807, 2.05) is 43.3 Å². The Morgan fingerprint density at radius 2 is 1.82 bits per heavy atom. The van der Waals surface area contributed by atoms with Gasteiger partial charge in [0.1, 0.15) is 18.1 Å². The maximum atomic E-state index is 12.5. The van der Waals surface area contributed by atoms with Gasteiger partial charge >= 0.3 is 5.91 Å². The molecule has 0 saturated carbocycles. The maximum absolute atomic E-state index is 12.5. The highest BCUT2D eigenvalue weighted by atomic mass is 127. The molecule has 0 fully saturated rings. The van der Waals surface area contributed by atoms with Crippen LogP contribution in [0.3, 0.4) is 0 Å². The highest BCUT2D eigenvalue weighted by Crippen LogP contribution is 2.34. The van der Waals surface area contributed by atoms with Crippen molar-refractivity contribution in [2.45, 2.75) is 46.8 Å². The topological polar surface area (TPSA) is 87.2 Å². The Bertz CT molecular complexity index is 1440. The third-order valence-electron chi connectivity index (χ3n) is 6.16. The van der Waals surface area contributed by atoms with E-state index in [0.29, 0.717) is 23.0 Å². The molecule has 8 nitrogen and oxygen atoms in total. The van der Waals surface area contributed by atoms with Crippen molar-refractivity contribution in [1.82, 2.24) is 9.99 Å². The number of carbonyl (C=O) groups excluding carboxylic acids is 1. The molecule has 9 heteroatoms. The number of halogens is 1. The number of rotatable bonds is 11. The first-order valence-corrected chi connectivity index (χ1v) is 13.7. The summed E-state index contributed by atoms with van der Waals surface area (Å²) >= 11 is 2.20. The minimum atomic E-state index is -0.460. The molecule has 2 heterocycles. The van der Waals surface area contributed by atoms with Crippen molar-refractivity contribution in [2.24, 2.45) is 5.10 Å². The summed E-state index contributed by atoms with van der Waals surface area (Å²) in [5, 5.41) is 4.07. The Labute approximate surface area is 242 Å². The number of benzene rings is 2. The summed E-state index contributed by atoms with van der Waals surface area (Å²) in [6.07, 6.45) is 2.50. The lowest BCUT2D eigenvalue weighted by Gasteiger charge is -2.17. The number of hydrogen-bond acceptors (Lipinski definition) is 6. The Morgan fingerprint density at radius 3 is 2.49 bits per heavy atom. The Morgan fingerprint density at radius 1 is 1.10 bits per heavy atom.